The first-order valence-corrected chi connectivity index (χ1v) is 6.90. The van der Waals surface area contributed by atoms with Crippen molar-refractivity contribution in [1.82, 2.24) is 9.80 Å². The zero-order valence-electron chi connectivity index (χ0n) is 11.3. The maximum Gasteiger partial charge on any atom is 0.410 e. The lowest BCUT2D eigenvalue weighted by molar-refractivity contribution is 0.1000. The van der Waals surface area contributed by atoms with Crippen molar-refractivity contribution in [1.29, 1.82) is 0 Å². The SMILES string of the molecule is CC(C)N1CCCC(CN2C(=O)OCC2CO)C1. The van der Waals surface area contributed by atoms with E-state index in [-0.39, 0.29) is 18.7 Å². The quantitative estimate of drug-likeness (QED) is 0.812. The molecule has 0 saturated carbocycles. The minimum atomic E-state index is -0.268. The van der Waals surface area contributed by atoms with E-state index in [1.54, 1.807) is 4.90 Å². The fourth-order valence-electron chi connectivity index (χ4n) is 2.86. The van der Waals surface area contributed by atoms with E-state index in [2.05, 4.69) is 18.7 Å². The number of hydrogen-bond acceptors (Lipinski definition) is 4. The molecular weight excluding hydrogens is 232 g/mol. The highest BCUT2D eigenvalue weighted by Gasteiger charge is 2.35. The number of rotatable bonds is 4. The van der Waals surface area contributed by atoms with E-state index in [1.807, 2.05) is 0 Å². The van der Waals surface area contributed by atoms with Crippen LogP contribution in [0.4, 0.5) is 4.79 Å². The molecule has 0 spiro atoms. The summed E-state index contributed by atoms with van der Waals surface area (Å²) in [6.07, 6.45) is 2.08. The van der Waals surface area contributed by atoms with Crippen molar-refractivity contribution >= 4 is 6.09 Å². The van der Waals surface area contributed by atoms with Crippen LogP contribution in [0, 0.1) is 5.92 Å². The molecule has 18 heavy (non-hydrogen) atoms. The van der Waals surface area contributed by atoms with Crippen LogP contribution in [0.1, 0.15) is 26.7 Å². The number of aliphatic hydroxyl groups excluding tert-OH is 1. The number of nitrogens with zero attached hydrogens (tertiary/aromatic N) is 2. The maximum atomic E-state index is 11.6. The fourth-order valence-corrected chi connectivity index (χ4v) is 2.86. The molecule has 2 saturated heterocycles. The first-order valence-electron chi connectivity index (χ1n) is 6.90. The Morgan fingerprint density at radius 1 is 1.50 bits per heavy atom. The molecule has 2 fully saturated rings. The van der Waals surface area contributed by atoms with Crippen molar-refractivity contribution in [3.05, 3.63) is 0 Å². The summed E-state index contributed by atoms with van der Waals surface area (Å²) in [4.78, 5) is 15.8. The predicted molar refractivity (Wildman–Crippen MR) is 68.4 cm³/mol. The first-order chi connectivity index (χ1) is 8.61. The number of amides is 1. The Morgan fingerprint density at radius 2 is 2.28 bits per heavy atom. The molecule has 2 aliphatic rings. The molecule has 0 aromatic heterocycles. The molecule has 2 heterocycles. The van der Waals surface area contributed by atoms with Crippen molar-refractivity contribution in [3.8, 4) is 0 Å². The van der Waals surface area contributed by atoms with Gasteiger partial charge in [0, 0.05) is 19.1 Å². The van der Waals surface area contributed by atoms with Gasteiger partial charge in [-0.15, -0.1) is 0 Å². The third-order valence-electron chi connectivity index (χ3n) is 4.02. The van der Waals surface area contributed by atoms with Crippen molar-refractivity contribution in [2.45, 2.75) is 38.8 Å². The molecule has 5 heteroatoms. The maximum absolute atomic E-state index is 11.6. The Labute approximate surface area is 109 Å². The monoisotopic (exact) mass is 256 g/mol. The molecule has 2 rings (SSSR count). The van der Waals surface area contributed by atoms with Crippen LogP contribution in [0.15, 0.2) is 0 Å². The van der Waals surface area contributed by atoms with Gasteiger partial charge >= 0.3 is 6.09 Å². The van der Waals surface area contributed by atoms with Crippen LogP contribution in [-0.4, -0.2) is 65.9 Å². The van der Waals surface area contributed by atoms with Gasteiger partial charge in [0.15, 0.2) is 0 Å². The lowest BCUT2D eigenvalue weighted by Gasteiger charge is -2.37. The molecule has 5 nitrogen and oxygen atoms in total. The van der Waals surface area contributed by atoms with Crippen molar-refractivity contribution in [3.63, 3.8) is 0 Å². The third-order valence-corrected chi connectivity index (χ3v) is 4.02. The number of cyclic esters (lactones) is 1. The summed E-state index contributed by atoms with van der Waals surface area (Å²) >= 11 is 0. The molecule has 0 aromatic rings. The van der Waals surface area contributed by atoms with Crippen molar-refractivity contribution in [2.75, 3.05) is 32.8 Å². The molecule has 2 aliphatic heterocycles. The second-order valence-corrected chi connectivity index (χ2v) is 5.66. The van der Waals surface area contributed by atoms with Gasteiger partial charge in [-0.1, -0.05) is 0 Å². The topological polar surface area (TPSA) is 53.0 Å². The molecule has 2 atom stereocenters. The summed E-state index contributed by atoms with van der Waals surface area (Å²) in [5.74, 6) is 0.501. The summed E-state index contributed by atoms with van der Waals surface area (Å²) < 4.78 is 5.00. The Bertz CT molecular complexity index is 296. The van der Waals surface area contributed by atoms with Crippen LogP contribution >= 0.6 is 0 Å². The number of aliphatic hydroxyl groups is 1. The Hall–Kier alpha value is -0.810. The number of piperidine rings is 1. The van der Waals surface area contributed by atoms with E-state index in [4.69, 9.17) is 4.74 Å². The highest BCUT2D eigenvalue weighted by atomic mass is 16.6. The first kappa shape index (κ1) is 13.6. The Kier molecular flexibility index (Phi) is 4.45. The van der Waals surface area contributed by atoms with Gasteiger partial charge in [0.1, 0.15) is 6.61 Å². The smallest absolute Gasteiger partial charge is 0.410 e. The molecular formula is C13H24N2O3. The second-order valence-electron chi connectivity index (χ2n) is 5.66. The number of likely N-dealkylation sites (tertiary alicyclic amines) is 1. The molecule has 104 valence electrons. The lowest BCUT2D eigenvalue weighted by atomic mass is 9.96. The highest BCUT2D eigenvalue weighted by Crippen LogP contribution is 2.22. The summed E-state index contributed by atoms with van der Waals surface area (Å²) in [7, 11) is 0. The third kappa shape index (κ3) is 2.95. The van der Waals surface area contributed by atoms with E-state index in [1.165, 1.54) is 6.42 Å². The molecule has 1 N–H and O–H groups in total. The highest BCUT2D eigenvalue weighted by molar-refractivity contribution is 5.70. The van der Waals surface area contributed by atoms with Gasteiger partial charge < -0.3 is 14.7 Å². The minimum absolute atomic E-state index is 0.00758. The molecule has 0 bridgehead atoms. The van der Waals surface area contributed by atoms with Gasteiger partial charge in [0.2, 0.25) is 0 Å². The zero-order chi connectivity index (χ0) is 13.1. The lowest BCUT2D eigenvalue weighted by Crippen LogP contribution is -2.46. The van der Waals surface area contributed by atoms with E-state index in [9.17, 15) is 9.90 Å². The van der Waals surface area contributed by atoms with Crippen molar-refractivity contribution in [2.24, 2.45) is 5.92 Å². The van der Waals surface area contributed by atoms with Gasteiger partial charge in [-0.3, -0.25) is 4.90 Å². The molecule has 0 aromatic carbocycles. The standard InChI is InChI=1S/C13H24N2O3/c1-10(2)14-5-3-4-11(6-14)7-15-12(8-16)9-18-13(15)17/h10-12,16H,3-9H2,1-2H3. The van der Waals surface area contributed by atoms with Crippen LogP contribution in [-0.2, 0) is 4.74 Å². The van der Waals surface area contributed by atoms with E-state index >= 15 is 0 Å². The molecule has 0 radical (unpaired) electrons. The number of carbonyl (C=O) groups excluding carboxylic acids is 1. The van der Waals surface area contributed by atoms with Crippen molar-refractivity contribution < 1.29 is 14.6 Å². The van der Waals surface area contributed by atoms with E-state index in [0.717, 1.165) is 19.5 Å². The van der Waals surface area contributed by atoms with Gasteiger partial charge in [0.05, 0.1) is 12.6 Å². The largest absolute Gasteiger partial charge is 0.447 e. The summed E-state index contributed by atoms with van der Waals surface area (Å²) in [6, 6.07) is 0.416. The van der Waals surface area contributed by atoms with Gasteiger partial charge in [-0.25, -0.2) is 4.79 Å². The van der Waals surface area contributed by atoms with Gasteiger partial charge in [-0.2, -0.15) is 0 Å². The van der Waals surface area contributed by atoms with E-state index < -0.39 is 0 Å². The van der Waals surface area contributed by atoms with Gasteiger partial charge in [0.25, 0.3) is 0 Å². The van der Waals surface area contributed by atoms with Crippen LogP contribution in [0.25, 0.3) is 0 Å². The van der Waals surface area contributed by atoms with Crippen LogP contribution < -0.4 is 0 Å². The second kappa shape index (κ2) is 5.89. The normalized spacial score (nSPS) is 30.0. The zero-order valence-corrected chi connectivity index (χ0v) is 11.3. The molecule has 0 aliphatic carbocycles. The van der Waals surface area contributed by atoms with Gasteiger partial charge in [-0.05, 0) is 39.2 Å². The van der Waals surface area contributed by atoms with Crippen LogP contribution in [0.3, 0.4) is 0 Å². The van der Waals surface area contributed by atoms with E-state index in [0.29, 0.717) is 25.1 Å². The summed E-state index contributed by atoms with van der Waals surface area (Å²) in [6.45, 7) is 7.66. The fraction of sp³-hybridized carbons (Fsp3) is 0.923. The summed E-state index contributed by atoms with van der Waals surface area (Å²) in [5, 5.41) is 9.24. The Morgan fingerprint density at radius 3 is 2.94 bits per heavy atom. The average Bonchev–Trinajstić information content (AvgIpc) is 2.71. The molecule has 2 unspecified atom stereocenters. The number of ether oxygens (including phenoxy) is 1. The van der Waals surface area contributed by atoms with Crippen LogP contribution in [0.5, 0.6) is 0 Å². The Balaban J connectivity index is 1.90. The van der Waals surface area contributed by atoms with Crippen LogP contribution in [0.2, 0.25) is 0 Å². The number of hydrogen-bond donors (Lipinski definition) is 1. The number of carbonyl (C=O) groups is 1. The minimum Gasteiger partial charge on any atom is -0.447 e. The summed E-state index contributed by atoms with van der Waals surface area (Å²) in [5.41, 5.74) is 0. The average molecular weight is 256 g/mol. The predicted octanol–water partition coefficient (Wildman–Crippen LogP) is 0.920. The molecule has 1 amide bonds.